The standard InChI is InChI=1S/C10H22O/c1-3-5-6-7-8-9-10-11-4-2/h3-10H2,1-2H3. The smallest absolute Gasteiger partial charge is 0.0465 e. The van der Waals surface area contributed by atoms with E-state index in [9.17, 15) is 0 Å². The summed E-state index contributed by atoms with van der Waals surface area (Å²) in [5, 5.41) is 0. The van der Waals surface area contributed by atoms with Crippen LogP contribution in [0.4, 0.5) is 0 Å². The Morgan fingerprint density at radius 3 is 2.09 bits per heavy atom. The third-order valence-electron chi connectivity index (χ3n) is 1.85. The van der Waals surface area contributed by atoms with E-state index in [0.29, 0.717) is 0 Å². The topological polar surface area (TPSA) is 9.23 Å². The van der Waals surface area contributed by atoms with Crippen molar-refractivity contribution in [2.75, 3.05) is 13.2 Å². The molecule has 0 amide bonds. The highest BCUT2D eigenvalue weighted by Gasteiger charge is 1.88. The molecule has 11 heavy (non-hydrogen) atoms. The van der Waals surface area contributed by atoms with Gasteiger partial charge in [-0.1, -0.05) is 39.0 Å². The maximum atomic E-state index is 5.24. The van der Waals surface area contributed by atoms with Crippen LogP contribution in [0.5, 0.6) is 0 Å². The molecule has 0 saturated heterocycles. The van der Waals surface area contributed by atoms with Crippen LogP contribution in [0.15, 0.2) is 0 Å². The zero-order valence-electron chi connectivity index (χ0n) is 8.07. The van der Waals surface area contributed by atoms with Gasteiger partial charge in [0.1, 0.15) is 0 Å². The fourth-order valence-corrected chi connectivity index (χ4v) is 1.13. The molecule has 0 aliphatic heterocycles. The van der Waals surface area contributed by atoms with Crippen molar-refractivity contribution < 1.29 is 4.74 Å². The Morgan fingerprint density at radius 2 is 1.45 bits per heavy atom. The fourth-order valence-electron chi connectivity index (χ4n) is 1.13. The summed E-state index contributed by atoms with van der Waals surface area (Å²) in [5.74, 6) is 0. The average Bonchev–Trinajstić information content (AvgIpc) is 2.03. The van der Waals surface area contributed by atoms with Gasteiger partial charge in [0, 0.05) is 13.2 Å². The molecule has 0 bridgehead atoms. The molecule has 0 heterocycles. The molecular formula is C10H22O. The Labute approximate surface area is 71.1 Å². The maximum Gasteiger partial charge on any atom is 0.0465 e. The normalized spacial score (nSPS) is 10.4. The summed E-state index contributed by atoms with van der Waals surface area (Å²) in [6.07, 6.45) is 8.13. The molecule has 0 aromatic carbocycles. The van der Waals surface area contributed by atoms with Gasteiger partial charge in [0.15, 0.2) is 0 Å². The van der Waals surface area contributed by atoms with Crippen LogP contribution >= 0.6 is 0 Å². The monoisotopic (exact) mass is 158 g/mol. The minimum absolute atomic E-state index is 0.870. The Bertz CT molecular complexity index is 53.9. The van der Waals surface area contributed by atoms with Gasteiger partial charge in [0.2, 0.25) is 0 Å². The van der Waals surface area contributed by atoms with Crippen molar-refractivity contribution >= 4 is 0 Å². The van der Waals surface area contributed by atoms with Gasteiger partial charge >= 0.3 is 0 Å². The van der Waals surface area contributed by atoms with Crippen LogP contribution in [0.2, 0.25) is 0 Å². The van der Waals surface area contributed by atoms with E-state index >= 15 is 0 Å². The van der Waals surface area contributed by atoms with E-state index in [4.69, 9.17) is 4.74 Å². The molecule has 68 valence electrons. The Hall–Kier alpha value is -0.0400. The van der Waals surface area contributed by atoms with E-state index in [-0.39, 0.29) is 0 Å². The van der Waals surface area contributed by atoms with Crippen molar-refractivity contribution in [1.29, 1.82) is 0 Å². The second kappa shape index (κ2) is 9.96. The van der Waals surface area contributed by atoms with Gasteiger partial charge in [-0.05, 0) is 13.3 Å². The third-order valence-corrected chi connectivity index (χ3v) is 1.85. The fraction of sp³-hybridized carbons (Fsp3) is 1.00. The van der Waals surface area contributed by atoms with Crippen molar-refractivity contribution in [2.45, 2.75) is 52.4 Å². The summed E-state index contributed by atoms with van der Waals surface area (Å²) in [7, 11) is 0. The second-order valence-electron chi connectivity index (χ2n) is 2.96. The largest absolute Gasteiger partial charge is 0.382 e. The Kier molecular flexibility index (Phi) is 9.92. The summed E-state index contributed by atoms with van der Waals surface area (Å²) in [6, 6.07) is 0. The average molecular weight is 158 g/mol. The highest BCUT2D eigenvalue weighted by molar-refractivity contribution is 4.42. The van der Waals surface area contributed by atoms with Gasteiger partial charge in [0.05, 0.1) is 0 Å². The lowest BCUT2D eigenvalue weighted by molar-refractivity contribution is 0.143. The second-order valence-corrected chi connectivity index (χ2v) is 2.96. The minimum atomic E-state index is 0.870. The highest BCUT2D eigenvalue weighted by atomic mass is 16.5. The molecule has 0 N–H and O–H groups in total. The molecule has 0 rings (SSSR count). The van der Waals surface area contributed by atoms with E-state index in [1.165, 1.54) is 38.5 Å². The van der Waals surface area contributed by atoms with Crippen LogP contribution in [0.3, 0.4) is 0 Å². The number of hydrogen-bond acceptors (Lipinski definition) is 1. The lowest BCUT2D eigenvalue weighted by atomic mass is 10.1. The van der Waals surface area contributed by atoms with Crippen LogP contribution in [0.1, 0.15) is 52.4 Å². The van der Waals surface area contributed by atoms with Gasteiger partial charge < -0.3 is 4.74 Å². The van der Waals surface area contributed by atoms with Crippen molar-refractivity contribution in [3.8, 4) is 0 Å². The van der Waals surface area contributed by atoms with Crippen LogP contribution in [-0.2, 0) is 4.74 Å². The van der Waals surface area contributed by atoms with Gasteiger partial charge in [-0.3, -0.25) is 0 Å². The van der Waals surface area contributed by atoms with Gasteiger partial charge in [0.25, 0.3) is 0 Å². The summed E-state index contributed by atoms with van der Waals surface area (Å²) in [4.78, 5) is 0. The van der Waals surface area contributed by atoms with Gasteiger partial charge in [-0.25, -0.2) is 0 Å². The van der Waals surface area contributed by atoms with E-state index in [0.717, 1.165) is 13.2 Å². The molecule has 0 saturated carbocycles. The van der Waals surface area contributed by atoms with Crippen LogP contribution < -0.4 is 0 Å². The van der Waals surface area contributed by atoms with Crippen LogP contribution in [0, 0.1) is 0 Å². The highest BCUT2D eigenvalue weighted by Crippen LogP contribution is 2.04. The first-order valence-electron chi connectivity index (χ1n) is 4.99. The van der Waals surface area contributed by atoms with Crippen molar-refractivity contribution in [1.82, 2.24) is 0 Å². The molecule has 0 unspecified atom stereocenters. The predicted molar refractivity (Wildman–Crippen MR) is 49.9 cm³/mol. The lowest BCUT2D eigenvalue weighted by Gasteiger charge is -2.00. The summed E-state index contributed by atoms with van der Waals surface area (Å²) in [5.41, 5.74) is 0. The van der Waals surface area contributed by atoms with Crippen LogP contribution in [-0.4, -0.2) is 13.2 Å². The lowest BCUT2D eigenvalue weighted by Crippen LogP contribution is -1.92. The van der Waals surface area contributed by atoms with Crippen molar-refractivity contribution in [3.63, 3.8) is 0 Å². The van der Waals surface area contributed by atoms with E-state index < -0.39 is 0 Å². The SMILES string of the molecule is CCCCCCCCOCC. The molecule has 0 atom stereocenters. The molecule has 1 heteroatoms. The molecule has 0 aliphatic carbocycles. The molecule has 0 aromatic rings. The number of unbranched alkanes of at least 4 members (excludes halogenated alkanes) is 5. The van der Waals surface area contributed by atoms with Crippen LogP contribution in [0.25, 0.3) is 0 Å². The van der Waals surface area contributed by atoms with Gasteiger partial charge in [-0.15, -0.1) is 0 Å². The summed E-state index contributed by atoms with van der Waals surface area (Å²) >= 11 is 0. The number of rotatable bonds is 8. The Morgan fingerprint density at radius 1 is 0.818 bits per heavy atom. The first-order valence-corrected chi connectivity index (χ1v) is 4.99. The molecule has 0 fully saturated rings. The first kappa shape index (κ1) is 11.0. The zero-order chi connectivity index (χ0) is 8.36. The summed E-state index contributed by atoms with van der Waals surface area (Å²) < 4.78 is 5.24. The van der Waals surface area contributed by atoms with E-state index in [1.54, 1.807) is 0 Å². The van der Waals surface area contributed by atoms with Crippen molar-refractivity contribution in [2.24, 2.45) is 0 Å². The molecule has 0 aromatic heterocycles. The number of hydrogen-bond donors (Lipinski definition) is 0. The molecule has 1 nitrogen and oxygen atoms in total. The number of ether oxygens (including phenoxy) is 1. The quantitative estimate of drug-likeness (QED) is 0.492. The minimum Gasteiger partial charge on any atom is -0.382 e. The first-order chi connectivity index (χ1) is 5.41. The predicted octanol–water partition coefficient (Wildman–Crippen LogP) is 3.38. The molecule has 0 aliphatic rings. The van der Waals surface area contributed by atoms with E-state index in [2.05, 4.69) is 13.8 Å². The zero-order valence-corrected chi connectivity index (χ0v) is 8.07. The summed E-state index contributed by atoms with van der Waals surface area (Å²) in [6.45, 7) is 6.13. The van der Waals surface area contributed by atoms with Crippen molar-refractivity contribution in [3.05, 3.63) is 0 Å². The maximum absolute atomic E-state index is 5.24. The third kappa shape index (κ3) is 9.96. The van der Waals surface area contributed by atoms with Gasteiger partial charge in [-0.2, -0.15) is 0 Å². The molecular weight excluding hydrogens is 136 g/mol. The molecule has 0 spiro atoms. The Balaban J connectivity index is 2.69. The molecule has 0 radical (unpaired) electrons. The van der Waals surface area contributed by atoms with E-state index in [1.807, 2.05) is 0 Å².